The van der Waals surface area contributed by atoms with E-state index in [0.717, 1.165) is 32.9 Å². The minimum absolute atomic E-state index is 0.0164. The molecular weight excluding hydrogens is 1030 g/mol. The number of nitrogens with two attached hydrogens (primary N) is 3. The molecule has 0 fully saturated rings. The molecule has 0 aliphatic rings. The lowest BCUT2D eigenvalue weighted by Crippen LogP contribution is -2.63. The second kappa shape index (κ2) is 33.0. The second-order valence-electron chi connectivity index (χ2n) is 18.8. The van der Waals surface area contributed by atoms with E-state index in [1.54, 1.807) is 26.1 Å². The molecule has 3 rings (SSSR count). The number of hydrazine groups is 4. The van der Waals surface area contributed by atoms with Gasteiger partial charge in [0, 0.05) is 44.2 Å². The number of aliphatic hydroxyl groups is 2. The molecule has 0 aliphatic carbocycles. The van der Waals surface area contributed by atoms with Gasteiger partial charge in [0.25, 0.3) is 11.8 Å². The van der Waals surface area contributed by atoms with Crippen LogP contribution in [-0.2, 0) is 41.7 Å². The fourth-order valence-corrected chi connectivity index (χ4v) is 7.50. The van der Waals surface area contributed by atoms with Crippen molar-refractivity contribution in [2.75, 3.05) is 46.4 Å². The molecule has 0 bridgehead atoms. The average Bonchev–Trinajstić information content (AvgIpc) is 3.82. The number of carbonyl (C=O) groups is 10. The average molecular weight is 1110 g/mol. The van der Waals surface area contributed by atoms with Crippen LogP contribution in [0.5, 0.6) is 5.75 Å². The predicted octanol–water partition coefficient (Wildman–Crippen LogP) is -2.20. The summed E-state index contributed by atoms with van der Waals surface area (Å²) in [6.45, 7) is 4.06. The van der Waals surface area contributed by atoms with E-state index >= 15 is 0 Å². The lowest BCUT2D eigenvalue weighted by molar-refractivity contribution is -0.136. The van der Waals surface area contributed by atoms with Crippen molar-refractivity contribution in [3.63, 3.8) is 0 Å². The predicted molar refractivity (Wildman–Crippen MR) is 286 cm³/mol. The lowest BCUT2D eigenvalue weighted by atomic mass is 10.1. The first-order valence-corrected chi connectivity index (χ1v) is 25.5. The maximum atomic E-state index is 14.5. The number of aromatic nitrogens is 1. The van der Waals surface area contributed by atoms with Crippen molar-refractivity contribution in [3.8, 4) is 5.75 Å². The Hall–Kier alpha value is -8.48. The first-order valence-electron chi connectivity index (χ1n) is 25.5. The molecule has 1 heterocycles. The van der Waals surface area contributed by atoms with Crippen molar-refractivity contribution in [2.45, 2.75) is 109 Å². The van der Waals surface area contributed by atoms with Crippen LogP contribution < -0.4 is 65.5 Å². The van der Waals surface area contributed by atoms with Gasteiger partial charge < -0.3 is 64.1 Å². The highest BCUT2D eigenvalue weighted by atomic mass is 16.3. The van der Waals surface area contributed by atoms with Gasteiger partial charge in [0.2, 0.25) is 23.6 Å². The molecule has 0 aliphatic heterocycles. The number of hydrogen-bond acceptors (Lipinski definition) is 15. The van der Waals surface area contributed by atoms with E-state index in [-0.39, 0.29) is 57.1 Å². The van der Waals surface area contributed by atoms with Crippen molar-refractivity contribution in [1.82, 2.24) is 73.3 Å². The van der Waals surface area contributed by atoms with Gasteiger partial charge in [-0.3, -0.25) is 39.6 Å². The van der Waals surface area contributed by atoms with Crippen molar-refractivity contribution in [2.24, 2.45) is 23.1 Å². The molecule has 30 heteroatoms. The number of nitrogens with one attached hydrogen (secondary N) is 10. The van der Waals surface area contributed by atoms with Crippen molar-refractivity contribution in [1.29, 1.82) is 0 Å². The van der Waals surface area contributed by atoms with E-state index in [2.05, 4.69) is 53.3 Å². The van der Waals surface area contributed by atoms with E-state index in [1.165, 1.54) is 38.2 Å². The number of unbranched alkanes of at least 4 members (excludes halogenated alkanes) is 2. The van der Waals surface area contributed by atoms with Gasteiger partial charge in [-0.25, -0.2) is 50.1 Å². The fraction of sp³-hybridized carbons (Fsp3) is 0.510. The molecule has 2 aromatic carbocycles. The number of phenols is 1. The van der Waals surface area contributed by atoms with Crippen molar-refractivity contribution >= 4 is 70.5 Å². The molecule has 0 radical (unpaired) electrons. The minimum Gasteiger partial charge on any atom is -0.508 e. The van der Waals surface area contributed by atoms with Gasteiger partial charge in [-0.1, -0.05) is 44.2 Å². The zero-order valence-corrected chi connectivity index (χ0v) is 45.0. The summed E-state index contributed by atoms with van der Waals surface area (Å²) in [6, 6.07) is 2.66. The third-order valence-corrected chi connectivity index (χ3v) is 11.6. The Bertz CT molecular complexity index is 2530. The number of aliphatic hydroxyl groups excluding tert-OH is 2. The fourth-order valence-electron chi connectivity index (χ4n) is 7.50. The summed E-state index contributed by atoms with van der Waals surface area (Å²) >= 11 is 0. The van der Waals surface area contributed by atoms with Crippen LogP contribution in [0.3, 0.4) is 0 Å². The SMILES string of the molecule is CC(=O)N[C@H](C(=O)N[C@@H](CCCCN)C(=O)N[C@@H](CO)C(=O)NN(Cc1ccc(O)cc1)C(=O)NN(CCc1c[nH]c2ccccc12)C(=O)N[C@@H](CCCCN)C(=O)NN(C)C(=O)NN(CC(C)C)C(=O)NCC(N)=O)[C@@H](C)O. The molecule has 5 atom stereocenters. The smallest absolute Gasteiger partial charge is 0.355 e. The maximum absolute atomic E-state index is 14.5. The molecule has 30 nitrogen and oxygen atoms in total. The highest BCUT2D eigenvalue weighted by Gasteiger charge is 2.33. The zero-order chi connectivity index (χ0) is 58.8. The summed E-state index contributed by atoms with van der Waals surface area (Å²) in [7, 11) is 1.17. The van der Waals surface area contributed by atoms with Crippen LogP contribution in [0.25, 0.3) is 10.9 Å². The Morgan fingerprint density at radius 3 is 1.84 bits per heavy atom. The number of urea groups is 4. The topological polar surface area (TPSA) is 446 Å². The highest BCUT2D eigenvalue weighted by Crippen LogP contribution is 2.19. The van der Waals surface area contributed by atoms with Gasteiger partial charge in [-0.15, -0.1) is 0 Å². The lowest BCUT2D eigenvalue weighted by Gasteiger charge is -2.31. The van der Waals surface area contributed by atoms with Crippen LogP contribution in [0, 0.1) is 5.92 Å². The zero-order valence-electron chi connectivity index (χ0n) is 45.0. The normalized spacial score (nSPS) is 12.8. The molecule has 14 amide bonds. The van der Waals surface area contributed by atoms with Gasteiger partial charge in [0.05, 0.1) is 25.8 Å². The highest BCUT2D eigenvalue weighted by molar-refractivity contribution is 5.95. The van der Waals surface area contributed by atoms with Crippen molar-refractivity contribution in [3.05, 3.63) is 65.9 Å². The van der Waals surface area contributed by atoms with Gasteiger partial charge >= 0.3 is 24.1 Å². The number of carbonyl (C=O) groups excluding carboxylic acids is 10. The molecular formula is C49H77N17O13. The summed E-state index contributed by atoms with van der Waals surface area (Å²) in [4.78, 5) is 136. The first kappa shape index (κ1) is 64.8. The number of para-hydroxylation sites is 1. The van der Waals surface area contributed by atoms with Crippen LogP contribution in [0.2, 0.25) is 0 Å². The molecule has 3 aromatic rings. The molecule has 0 unspecified atom stereocenters. The van der Waals surface area contributed by atoms with E-state index in [0.29, 0.717) is 41.8 Å². The molecule has 19 N–H and O–H groups in total. The number of aromatic amines is 1. The number of primary amides is 1. The number of phenolic OH excluding ortho intramolecular Hbond substituents is 1. The number of nitrogens with zero attached hydrogens (tertiary/aromatic N) is 4. The van der Waals surface area contributed by atoms with Crippen LogP contribution in [-0.4, -0.2) is 177 Å². The monoisotopic (exact) mass is 1110 g/mol. The molecule has 0 saturated carbocycles. The standard InChI is InChI=1S/C49H77N17O13/c1-29(2)26-65(46(76)54-25-40(52)71)61-48(78)63(5)59-43(73)38(15-9-11-22-51)58-47(77)64(23-20-33-24-53-36-13-7-6-12-35(33)36)62-49(79)66(27-32-16-18-34(70)19-17-32)60-44(74)39(28-67)57-42(72)37(14-8-10-21-50)56-45(75)41(30(3)68)55-31(4)69/h6-7,12-13,16-19,24,29-30,37-39,41,53,67-68,70H,8-11,14-15,20-23,25-28,50-51H2,1-5H3,(H2,52,71)(H,54,76)(H,55,69)(H,56,75)(H,57,72)(H,58,77)(H,59,73)(H,60,74)(H,61,78)(H,62,79)/t30-,37+,38+,39+,41+/m1/s1. The minimum atomic E-state index is -1.79. The third-order valence-electron chi connectivity index (χ3n) is 11.6. The van der Waals surface area contributed by atoms with Crippen LogP contribution >= 0.6 is 0 Å². The number of aromatic hydroxyl groups is 1. The Labute approximate surface area is 456 Å². The van der Waals surface area contributed by atoms with E-state index in [9.17, 15) is 63.3 Å². The number of H-pyrrole nitrogens is 1. The second-order valence-corrected chi connectivity index (χ2v) is 18.8. The van der Waals surface area contributed by atoms with Crippen molar-refractivity contribution < 1.29 is 63.3 Å². The number of rotatable bonds is 27. The number of fused-ring (bicyclic) bond motifs is 1. The Kier molecular flexibility index (Phi) is 27.0. The quantitative estimate of drug-likeness (QED) is 0.0285. The van der Waals surface area contributed by atoms with Gasteiger partial charge in [-0.05, 0) is 100 Å². The number of hydrogen-bond donors (Lipinski definition) is 16. The maximum Gasteiger partial charge on any atom is 0.355 e. The Morgan fingerprint density at radius 1 is 0.658 bits per heavy atom. The number of amides is 14. The summed E-state index contributed by atoms with van der Waals surface area (Å²) in [5.74, 6) is -5.73. The Morgan fingerprint density at radius 2 is 1.25 bits per heavy atom. The largest absolute Gasteiger partial charge is 0.508 e. The summed E-state index contributed by atoms with van der Waals surface area (Å²) in [5.41, 5.74) is 27.9. The van der Waals surface area contributed by atoms with E-state index < -0.39 is 110 Å². The van der Waals surface area contributed by atoms with E-state index in [1.807, 2.05) is 18.2 Å². The van der Waals surface area contributed by atoms with Gasteiger partial charge in [0.1, 0.15) is 29.9 Å². The van der Waals surface area contributed by atoms with Crippen LogP contribution in [0.1, 0.15) is 77.3 Å². The van der Waals surface area contributed by atoms with Crippen LogP contribution in [0.15, 0.2) is 54.7 Å². The van der Waals surface area contributed by atoms with Crippen LogP contribution in [0.4, 0.5) is 19.2 Å². The summed E-state index contributed by atoms with van der Waals surface area (Å²) in [6.07, 6.45) is 1.81. The molecule has 79 heavy (non-hydrogen) atoms. The van der Waals surface area contributed by atoms with E-state index in [4.69, 9.17) is 17.2 Å². The molecule has 1 aromatic heterocycles. The molecule has 0 spiro atoms. The first-order chi connectivity index (χ1) is 37.5. The number of benzene rings is 2. The summed E-state index contributed by atoms with van der Waals surface area (Å²) < 4.78 is 0. The molecule has 0 saturated heterocycles. The summed E-state index contributed by atoms with van der Waals surface area (Å²) in [5, 5.41) is 46.7. The Balaban J connectivity index is 1.97. The van der Waals surface area contributed by atoms with Gasteiger partial charge in [0.15, 0.2) is 0 Å². The third kappa shape index (κ3) is 22.2. The molecule has 436 valence electrons. The van der Waals surface area contributed by atoms with Gasteiger partial charge in [-0.2, -0.15) is 0 Å².